The van der Waals surface area contributed by atoms with Gasteiger partial charge in [-0.3, -0.25) is 4.57 Å². The molecule has 2 aromatic heterocycles. The van der Waals surface area contributed by atoms with Gasteiger partial charge in [0.25, 0.3) is 0 Å². The molecule has 0 saturated carbocycles. The summed E-state index contributed by atoms with van der Waals surface area (Å²) in [6.07, 6.45) is 0. The molecule has 0 aliphatic rings. The first kappa shape index (κ1) is 23.9. The molecule has 0 aliphatic heterocycles. The fourth-order valence-corrected chi connectivity index (χ4v) is 6.54. The van der Waals surface area contributed by atoms with Crippen molar-refractivity contribution in [3.8, 4) is 28.3 Å². The van der Waals surface area contributed by atoms with Gasteiger partial charge in [0.15, 0.2) is 0 Å². The molecule has 3 nitrogen and oxygen atoms in total. The molecule has 0 atom stereocenters. The Bertz CT molecular complexity index is 2500. The van der Waals surface area contributed by atoms with Crippen LogP contribution in [0.15, 0.2) is 152 Å². The second-order valence-electron chi connectivity index (χ2n) is 11.1. The quantitative estimate of drug-likeness (QED) is 0.220. The number of rotatable bonds is 3. The maximum absolute atomic E-state index is 5.30. The summed E-state index contributed by atoms with van der Waals surface area (Å²) in [5.41, 5.74) is 7.54. The van der Waals surface area contributed by atoms with Crippen LogP contribution in [0.3, 0.4) is 0 Å². The van der Waals surface area contributed by atoms with Gasteiger partial charge in [-0.25, -0.2) is 9.97 Å². The van der Waals surface area contributed by atoms with E-state index in [0.29, 0.717) is 5.95 Å². The molecular formula is C40H25N3. The van der Waals surface area contributed by atoms with Crippen LogP contribution in [0.5, 0.6) is 0 Å². The highest BCUT2D eigenvalue weighted by atomic mass is 15.2. The zero-order valence-electron chi connectivity index (χ0n) is 23.3. The normalized spacial score (nSPS) is 11.7. The molecule has 2 heterocycles. The van der Waals surface area contributed by atoms with Crippen molar-refractivity contribution >= 4 is 54.3 Å². The van der Waals surface area contributed by atoms with E-state index < -0.39 is 0 Å². The maximum Gasteiger partial charge on any atom is 0.235 e. The fraction of sp³-hybridized carbons (Fsp3) is 0. The molecule has 0 N–H and O–H groups in total. The van der Waals surface area contributed by atoms with Crippen LogP contribution in [0.4, 0.5) is 0 Å². The van der Waals surface area contributed by atoms with Crippen LogP contribution in [0.1, 0.15) is 0 Å². The first-order valence-electron chi connectivity index (χ1n) is 14.6. The highest BCUT2D eigenvalue weighted by Crippen LogP contribution is 2.36. The number of para-hydroxylation sites is 2. The Morgan fingerprint density at radius 1 is 0.395 bits per heavy atom. The first-order valence-corrected chi connectivity index (χ1v) is 14.6. The Kier molecular flexibility index (Phi) is 5.20. The van der Waals surface area contributed by atoms with Gasteiger partial charge >= 0.3 is 0 Å². The minimum absolute atomic E-state index is 0.674. The van der Waals surface area contributed by atoms with Gasteiger partial charge in [-0.1, -0.05) is 127 Å². The average Bonchev–Trinajstić information content (AvgIpc) is 3.39. The molecule has 43 heavy (non-hydrogen) atoms. The lowest BCUT2D eigenvalue weighted by Crippen LogP contribution is -2.03. The molecule has 9 aromatic rings. The number of nitrogens with zero attached hydrogens (tertiary/aromatic N) is 3. The van der Waals surface area contributed by atoms with Crippen LogP contribution >= 0.6 is 0 Å². The van der Waals surface area contributed by atoms with Crippen molar-refractivity contribution in [2.24, 2.45) is 0 Å². The van der Waals surface area contributed by atoms with Crippen LogP contribution in [-0.4, -0.2) is 14.5 Å². The Morgan fingerprint density at radius 2 is 1.02 bits per heavy atom. The number of fused-ring (bicyclic) bond motifs is 6. The van der Waals surface area contributed by atoms with E-state index in [1.54, 1.807) is 0 Å². The number of benzene rings is 7. The van der Waals surface area contributed by atoms with Crippen molar-refractivity contribution in [2.75, 3.05) is 0 Å². The summed E-state index contributed by atoms with van der Waals surface area (Å²) >= 11 is 0. The molecular weight excluding hydrogens is 522 g/mol. The third kappa shape index (κ3) is 3.75. The van der Waals surface area contributed by atoms with Gasteiger partial charge in [0.05, 0.1) is 22.2 Å². The fourth-order valence-electron chi connectivity index (χ4n) is 6.54. The molecule has 7 aromatic carbocycles. The predicted octanol–water partition coefficient (Wildman–Crippen LogP) is 10.4. The summed E-state index contributed by atoms with van der Waals surface area (Å²) in [7, 11) is 0. The van der Waals surface area contributed by atoms with Crippen LogP contribution in [-0.2, 0) is 0 Å². The van der Waals surface area contributed by atoms with Gasteiger partial charge in [-0.15, -0.1) is 0 Å². The van der Waals surface area contributed by atoms with Gasteiger partial charge in [-0.05, 0) is 56.9 Å². The van der Waals surface area contributed by atoms with Crippen molar-refractivity contribution < 1.29 is 0 Å². The first-order chi connectivity index (χ1) is 21.3. The van der Waals surface area contributed by atoms with Crippen molar-refractivity contribution in [3.05, 3.63) is 152 Å². The minimum Gasteiger partial charge on any atom is -0.278 e. The van der Waals surface area contributed by atoms with E-state index in [1.807, 2.05) is 6.07 Å². The molecule has 0 fully saturated rings. The van der Waals surface area contributed by atoms with Gasteiger partial charge in [0.1, 0.15) is 0 Å². The monoisotopic (exact) mass is 547 g/mol. The van der Waals surface area contributed by atoms with Crippen molar-refractivity contribution in [1.29, 1.82) is 0 Å². The van der Waals surface area contributed by atoms with Gasteiger partial charge in [-0.2, -0.15) is 0 Å². The van der Waals surface area contributed by atoms with E-state index in [0.717, 1.165) is 33.2 Å². The highest BCUT2D eigenvalue weighted by molar-refractivity contribution is 6.13. The summed E-state index contributed by atoms with van der Waals surface area (Å²) < 4.78 is 2.22. The lowest BCUT2D eigenvalue weighted by Gasteiger charge is -2.13. The third-order valence-electron chi connectivity index (χ3n) is 8.59. The SMILES string of the molecule is c1ccc2cc3c(cc2c1)c1ccccc1n3-c1nc(-c2ccc(-c3cccc4ccccc34)cc2)c2ccccc2n1. The standard InChI is InChI=1S/C40H25N3/c1-2-12-30-25-38-35(24-29(30)11-1)33-15-6-8-19-37(33)43(38)40-41-36-18-7-5-16-34(36)39(42-40)28-22-20-27(21-23-28)32-17-9-13-26-10-3-4-14-31(26)32/h1-25H. The third-order valence-corrected chi connectivity index (χ3v) is 8.59. The largest absolute Gasteiger partial charge is 0.278 e. The summed E-state index contributed by atoms with van der Waals surface area (Å²) in [5.74, 6) is 0.674. The second kappa shape index (κ2) is 9.37. The molecule has 9 rings (SSSR count). The zero-order chi connectivity index (χ0) is 28.3. The summed E-state index contributed by atoms with van der Waals surface area (Å²) in [6, 6.07) is 53.8. The predicted molar refractivity (Wildman–Crippen MR) is 180 cm³/mol. The molecule has 3 heteroatoms. The van der Waals surface area contributed by atoms with Crippen molar-refractivity contribution in [2.45, 2.75) is 0 Å². The topological polar surface area (TPSA) is 30.7 Å². The van der Waals surface area contributed by atoms with Crippen molar-refractivity contribution in [1.82, 2.24) is 14.5 Å². The van der Waals surface area contributed by atoms with E-state index in [9.17, 15) is 0 Å². The molecule has 0 amide bonds. The Balaban J connectivity index is 1.27. The lowest BCUT2D eigenvalue weighted by molar-refractivity contribution is 1.01. The smallest absolute Gasteiger partial charge is 0.235 e. The lowest BCUT2D eigenvalue weighted by atomic mass is 9.96. The Morgan fingerprint density at radius 3 is 1.86 bits per heavy atom. The van der Waals surface area contributed by atoms with Gasteiger partial charge in [0.2, 0.25) is 5.95 Å². The molecule has 0 bridgehead atoms. The molecule has 0 unspecified atom stereocenters. The highest BCUT2D eigenvalue weighted by Gasteiger charge is 2.18. The van der Waals surface area contributed by atoms with E-state index >= 15 is 0 Å². The number of hydrogen-bond acceptors (Lipinski definition) is 2. The summed E-state index contributed by atoms with van der Waals surface area (Å²) in [6.45, 7) is 0. The zero-order valence-corrected chi connectivity index (χ0v) is 23.3. The maximum atomic E-state index is 5.30. The minimum atomic E-state index is 0.674. The summed E-state index contributed by atoms with van der Waals surface area (Å²) in [4.78, 5) is 10.4. The summed E-state index contributed by atoms with van der Waals surface area (Å²) in [5, 5.41) is 8.36. The van der Waals surface area contributed by atoms with E-state index in [-0.39, 0.29) is 0 Å². The van der Waals surface area contributed by atoms with Crippen LogP contribution in [0.2, 0.25) is 0 Å². The van der Waals surface area contributed by atoms with Crippen LogP contribution in [0, 0.1) is 0 Å². The van der Waals surface area contributed by atoms with E-state index in [1.165, 1.54) is 43.4 Å². The number of aromatic nitrogens is 3. The molecule has 200 valence electrons. The molecule has 0 radical (unpaired) electrons. The second-order valence-corrected chi connectivity index (χ2v) is 11.1. The molecule has 0 spiro atoms. The van der Waals surface area contributed by atoms with E-state index in [4.69, 9.17) is 9.97 Å². The number of hydrogen-bond donors (Lipinski definition) is 0. The van der Waals surface area contributed by atoms with Crippen LogP contribution in [0.25, 0.3) is 82.6 Å². The van der Waals surface area contributed by atoms with Gasteiger partial charge < -0.3 is 0 Å². The molecule has 0 aliphatic carbocycles. The van der Waals surface area contributed by atoms with Crippen LogP contribution < -0.4 is 0 Å². The van der Waals surface area contributed by atoms with Gasteiger partial charge in [0, 0.05) is 21.7 Å². The molecule has 0 saturated heterocycles. The van der Waals surface area contributed by atoms with E-state index in [2.05, 4.69) is 150 Å². The Labute approximate surface area is 248 Å². The average molecular weight is 548 g/mol. The Hall–Kier alpha value is -5.80. The van der Waals surface area contributed by atoms with Crippen molar-refractivity contribution in [3.63, 3.8) is 0 Å².